The smallest absolute Gasteiger partial charge is 0.410 e. The lowest BCUT2D eigenvalue weighted by atomic mass is 9.92. The molecular formula is C17H23NO4S. The second-order valence-corrected chi connectivity index (χ2v) is 9.62. The van der Waals surface area contributed by atoms with Gasteiger partial charge in [0, 0.05) is 19.0 Å². The monoisotopic (exact) mass is 337 g/mol. The van der Waals surface area contributed by atoms with Gasteiger partial charge in [-0.2, -0.15) is 0 Å². The van der Waals surface area contributed by atoms with Gasteiger partial charge >= 0.3 is 6.09 Å². The molecule has 5 nitrogen and oxygen atoms in total. The normalized spacial score (nSPS) is 19.3. The zero-order valence-corrected chi connectivity index (χ0v) is 14.6. The molecule has 0 unspecified atom stereocenters. The summed E-state index contributed by atoms with van der Waals surface area (Å²) in [6.45, 7) is 6.77. The van der Waals surface area contributed by atoms with Crippen LogP contribution in [0.4, 0.5) is 4.79 Å². The number of rotatable bonds is 3. The van der Waals surface area contributed by atoms with Gasteiger partial charge in [0.1, 0.15) is 5.60 Å². The topological polar surface area (TPSA) is 63.7 Å². The Morgan fingerprint density at radius 3 is 2.17 bits per heavy atom. The van der Waals surface area contributed by atoms with Crippen LogP contribution in [0.3, 0.4) is 0 Å². The second kappa shape index (κ2) is 5.51. The highest BCUT2D eigenvalue weighted by molar-refractivity contribution is 7.92. The number of amides is 1. The summed E-state index contributed by atoms with van der Waals surface area (Å²) in [5.74, 6) is 0.250. The summed E-state index contributed by atoms with van der Waals surface area (Å²) in [6.07, 6.45) is 1.26. The number of likely N-dealkylation sites (tertiary alicyclic amines) is 1. The molecule has 1 amide bonds. The summed E-state index contributed by atoms with van der Waals surface area (Å²) in [5.41, 5.74) is 0.584. The lowest BCUT2D eigenvalue weighted by Crippen LogP contribution is -2.50. The van der Waals surface area contributed by atoms with Crippen LogP contribution < -0.4 is 0 Å². The van der Waals surface area contributed by atoms with Crippen molar-refractivity contribution in [2.45, 2.75) is 55.3 Å². The molecule has 1 aliphatic carbocycles. The zero-order valence-electron chi connectivity index (χ0n) is 13.8. The van der Waals surface area contributed by atoms with E-state index < -0.39 is 15.4 Å². The zero-order chi connectivity index (χ0) is 16.8. The van der Waals surface area contributed by atoms with Crippen molar-refractivity contribution in [1.82, 2.24) is 4.90 Å². The number of carbonyl (C=O) groups excluding carboxylic acids is 1. The highest BCUT2D eigenvalue weighted by Crippen LogP contribution is 2.35. The third-order valence-electron chi connectivity index (χ3n) is 4.18. The van der Waals surface area contributed by atoms with E-state index in [2.05, 4.69) is 0 Å². The first-order valence-corrected chi connectivity index (χ1v) is 9.53. The number of nitrogens with zero attached hydrogens (tertiary/aromatic N) is 1. The van der Waals surface area contributed by atoms with Crippen molar-refractivity contribution in [2.75, 3.05) is 13.1 Å². The van der Waals surface area contributed by atoms with Crippen molar-refractivity contribution in [1.29, 1.82) is 0 Å². The first-order chi connectivity index (χ1) is 10.7. The Morgan fingerprint density at radius 1 is 1.13 bits per heavy atom. The molecule has 0 aromatic heterocycles. The predicted octanol–water partition coefficient (Wildman–Crippen LogP) is 2.96. The maximum atomic E-state index is 12.2. The van der Waals surface area contributed by atoms with Gasteiger partial charge < -0.3 is 9.64 Å². The average molecular weight is 337 g/mol. The van der Waals surface area contributed by atoms with Gasteiger partial charge in [-0.1, -0.05) is 12.1 Å². The fourth-order valence-electron chi connectivity index (χ4n) is 2.67. The summed E-state index contributed by atoms with van der Waals surface area (Å²) in [7, 11) is -3.13. The summed E-state index contributed by atoms with van der Waals surface area (Å²) in [6, 6.07) is 7.12. The molecule has 0 N–H and O–H groups in total. The van der Waals surface area contributed by atoms with Crippen LogP contribution in [-0.2, 0) is 14.6 Å². The molecular weight excluding hydrogens is 314 g/mol. The fraction of sp³-hybridized carbons (Fsp3) is 0.588. The van der Waals surface area contributed by atoms with Crippen LogP contribution in [0.2, 0.25) is 0 Å². The molecule has 0 atom stereocenters. The van der Waals surface area contributed by atoms with E-state index in [-0.39, 0.29) is 17.3 Å². The number of sulfone groups is 1. The first-order valence-electron chi connectivity index (χ1n) is 7.98. The molecule has 1 saturated heterocycles. The Kier molecular flexibility index (Phi) is 3.91. The van der Waals surface area contributed by atoms with E-state index in [1.54, 1.807) is 17.0 Å². The lowest BCUT2D eigenvalue weighted by Gasteiger charge is -2.40. The number of benzene rings is 1. The van der Waals surface area contributed by atoms with Gasteiger partial charge in [-0.15, -0.1) is 0 Å². The maximum absolute atomic E-state index is 12.2. The van der Waals surface area contributed by atoms with Gasteiger partial charge in [0.15, 0.2) is 9.84 Å². The van der Waals surface area contributed by atoms with Crippen molar-refractivity contribution >= 4 is 15.9 Å². The van der Waals surface area contributed by atoms with E-state index in [1.165, 1.54) is 0 Å². The van der Waals surface area contributed by atoms with E-state index >= 15 is 0 Å². The Bertz CT molecular complexity index is 693. The number of carbonyl (C=O) groups is 1. The molecule has 1 aromatic carbocycles. The van der Waals surface area contributed by atoms with Gasteiger partial charge in [0.05, 0.1) is 10.1 Å². The van der Waals surface area contributed by atoms with Crippen LogP contribution >= 0.6 is 0 Å². The lowest BCUT2D eigenvalue weighted by molar-refractivity contribution is 0.00819. The minimum Gasteiger partial charge on any atom is -0.444 e. The van der Waals surface area contributed by atoms with Crippen LogP contribution in [0.5, 0.6) is 0 Å². The van der Waals surface area contributed by atoms with Crippen LogP contribution in [-0.4, -0.2) is 43.4 Å². The van der Waals surface area contributed by atoms with E-state index in [1.807, 2.05) is 32.9 Å². The summed E-state index contributed by atoms with van der Waals surface area (Å²) in [4.78, 5) is 14.0. The fourth-order valence-corrected chi connectivity index (χ4v) is 4.32. The van der Waals surface area contributed by atoms with Crippen molar-refractivity contribution in [3.63, 3.8) is 0 Å². The largest absolute Gasteiger partial charge is 0.444 e. The second-order valence-electron chi connectivity index (χ2n) is 7.40. The van der Waals surface area contributed by atoms with Crippen LogP contribution in [0.25, 0.3) is 0 Å². The maximum Gasteiger partial charge on any atom is 0.410 e. The van der Waals surface area contributed by atoms with Gasteiger partial charge in [0.25, 0.3) is 0 Å². The molecule has 0 bridgehead atoms. The van der Waals surface area contributed by atoms with Crippen molar-refractivity contribution in [3.05, 3.63) is 29.8 Å². The van der Waals surface area contributed by atoms with Crippen molar-refractivity contribution < 1.29 is 17.9 Å². The Hall–Kier alpha value is -1.56. The van der Waals surface area contributed by atoms with Crippen molar-refractivity contribution in [3.8, 4) is 0 Å². The van der Waals surface area contributed by atoms with Crippen LogP contribution in [0.1, 0.15) is 45.1 Å². The molecule has 1 heterocycles. The van der Waals surface area contributed by atoms with Gasteiger partial charge in [-0.3, -0.25) is 0 Å². The predicted molar refractivity (Wildman–Crippen MR) is 87.2 cm³/mol. The minimum atomic E-state index is -3.13. The number of hydrogen-bond acceptors (Lipinski definition) is 4. The van der Waals surface area contributed by atoms with Crippen LogP contribution in [0.15, 0.2) is 29.2 Å². The van der Waals surface area contributed by atoms with Crippen LogP contribution in [0, 0.1) is 0 Å². The molecule has 0 spiro atoms. The SMILES string of the molecule is CC(C)(C)OC(=O)N1CC(c2ccc(S(=O)(=O)C3CC3)cc2)C1. The Morgan fingerprint density at radius 2 is 1.70 bits per heavy atom. The molecule has 1 saturated carbocycles. The van der Waals surface area contributed by atoms with Gasteiger partial charge in [-0.05, 0) is 51.3 Å². The molecule has 126 valence electrons. The minimum absolute atomic E-state index is 0.181. The molecule has 0 radical (unpaired) electrons. The summed E-state index contributed by atoms with van der Waals surface area (Å²) >= 11 is 0. The molecule has 3 rings (SSSR count). The Balaban J connectivity index is 1.59. The van der Waals surface area contributed by atoms with E-state index in [9.17, 15) is 13.2 Å². The number of hydrogen-bond donors (Lipinski definition) is 0. The number of ether oxygens (including phenoxy) is 1. The first kappa shape index (κ1) is 16.3. The standard InChI is InChI=1S/C17H23NO4S/c1-17(2,3)22-16(19)18-10-13(11-18)12-4-6-14(7-5-12)23(20,21)15-8-9-15/h4-7,13,15H,8-11H2,1-3H3. The van der Waals surface area contributed by atoms with Gasteiger partial charge in [-0.25, -0.2) is 13.2 Å². The quantitative estimate of drug-likeness (QED) is 0.851. The van der Waals surface area contributed by atoms with E-state index in [4.69, 9.17) is 4.74 Å². The third-order valence-corrected chi connectivity index (χ3v) is 6.45. The summed E-state index contributed by atoms with van der Waals surface area (Å²) in [5, 5.41) is -0.181. The average Bonchev–Trinajstić information content (AvgIpc) is 3.19. The molecule has 6 heteroatoms. The summed E-state index contributed by atoms with van der Waals surface area (Å²) < 4.78 is 29.7. The Labute approximate surface area is 137 Å². The molecule has 23 heavy (non-hydrogen) atoms. The van der Waals surface area contributed by atoms with E-state index in [0.717, 1.165) is 18.4 Å². The molecule has 1 aromatic rings. The van der Waals surface area contributed by atoms with Gasteiger partial charge in [0.2, 0.25) is 0 Å². The highest BCUT2D eigenvalue weighted by Gasteiger charge is 2.37. The van der Waals surface area contributed by atoms with E-state index in [0.29, 0.717) is 18.0 Å². The third kappa shape index (κ3) is 3.52. The highest BCUT2D eigenvalue weighted by atomic mass is 32.2. The molecule has 1 aliphatic heterocycles. The van der Waals surface area contributed by atoms with Crippen molar-refractivity contribution in [2.24, 2.45) is 0 Å². The molecule has 2 aliphatic rings. The molecule has 2 fully saturated rings.